The predicted octanol–water partition coefficient (Wildman–Crippen LogP) is 3.38. The van der Waals surface area contributed by atoms with E-state index in [1.807, 2.05) is 0 Å². The van der Waals surface area contributed by atoms with Crippen LogP contribution in [-0.4, -0.2) is 5.78 Å². The first-order valence-corrected chi connectivity index (χ1v) is 4.57. The molecular formula is C13H20O. The normalized spacial score (nSPS) is 9.43. The Kier molecular flexibility index (Phi) is 4.55. The number of aryl methyl sites for hydroxylation is 3. The lowest BCUT2D eigenvalue weighted by Gasteiger charge is -2.09. The van der Waals surface area contributed by atoms with Crippen molar-refractivity contribution in [3.63, 3.8) is 0 Å². The van der Waals surface area contributed by atoms with Crippen LogP contribution in [0, 0.1) is 20.8 Å². The van der Waals surface area contributed by atoms with Crippen LogP contribution in [0.5, 0.6) is 0 Å². The molecule has 0 heterocycles. The molecule has 0 radical (unpaired) electrons. The molecule has 1 nitrogen and oxygen atoms in total. The van der Waals surface area contributed by atoms with Crippen LogP contribution in [0.1, 0.15) is 36.6 Å². The quantitative estimate of drug-likeness (QED) is 0.702. The minimum Gasteiger partial charge on any atom is -0.300 e. The molecule has 1 aromatic rings. The minimum atomic E-state index is 0. The van der Waals surface area contributed by atoms with Crippen molar-refractivity contribution in [3.05, 3.63) is 34.4 Å². The first kappa shape index (κ1) is 12.9. The Balaban J connectivity index is 0.00000169. The highest BCUT2D eigenvalue weighted by atomic mass is 16.1. The molecule has 14 heavy (non-hydrogen) atoms. The molecule has 0 spiro atoms. The zero-order valence-corrected chi connectivity index (χ0v) is 8.77. The maximum atomic E-state index is 11.0. The van der Waals surface area contributed by atoms with Crippen molar-refractivity contribution in [3.8, 4) is 0 Å². The number of ketones is 1. The third-order valence-electron chi connectivity index (χ3n) is 2.27. The highest BCUT2D eigenvalue weighted by Crippen LogP contribution is 2.16. The van der Waals surface area contributed by atoms with E-state index >= 15 is 0 Å². The second-order valence-electron chi connectivity index (χ2n) is 3.76. The van der Waals surface area contributed by atoms with Crippen LogP contribution in [0.15, 0.2) is 12.1 Å². The van der Waals surface area contributed by atoms with Gasteiger partial charge in [0, 0.05) is 6.42 Å². The molecular weight excluding hydrogens is 172 g/mol. The molecule has 0 aliphatic heterocycles. The Morgan fingerprint density at radius 3 is 1.93 bits per heavy atom. The second kappa shape index (κ2) is 4.94. The Labute approximate surface area is 87.2 Å². The summed E-state index contributed by atoms with van der Waals surface area (Å²) in [5.41, 5.74) is 4.92. The van der Waals surface area contributed by atoms with Crippen molar-refractivity contribution in [1.29, 1.82) is 0 Å². The van der Waals surface area contributed by atoms with Gasteiger partial charge in [0.1, 0.15) is 5.78 Å². The van der Waals surface area contributed by atoms with Gasteiger partial charge in [-0.2, -0.15) is 0 Å². The van der Waals surface area contributed by atoms with Gasteiger partial charge < -0.3 is 0 Å². The van der Waals surface area contributed by atoms with Gasteiger partial charge in [0.05, 0.1) is 0 Å². The molecule has 78 valence electrons. The van der Waals surface area contributed by atoms with E-state index in [9.17, 15) is 4.79 Å². The average molecular weight is 192 g/mol. The molecule has 1 heteroatoms. The largest absolute Gasteiger partial charge is 0.300 e. The van der Waals surface area contributed by atoms with E-state index in [-0.39, 0.29) is 13.2 Å². The Morgan fingerprint density at radius 1 is 1.14 bits per heavy atom. The van der Waals surface area contributed by atoms with Crippen molar-refractivity contribution >= 4 is 5.78 Å². The van der Waals surface area contributed by atoms with Gasteiger partial charge in [0.2, 0.25) is 0 Å². The molecule has 0 saturated carbocycles. The molecule has 0 saturated heterocycles. The van der Waals surface area contributed by atoms with Crippen LogP contribution >= 0.6 is 0 Å². The first-order valence-electron chi connectivity index (χ1n) is 4.57. The summed E-state index contributed by atoms with van der Waals surface area (Å²) in [4.78, 5) is 11.0. The summed E-state index contributed by atoms with van der Waals surface area (Å²) in [6.07, 6.45) is 0.567. The molecule has 0 atom stereocenters. The maximum absolute atomic E-state index is 11.0. The Bertz CT molecular complexity index is 314. The SMILES string of the molecule is C.CC(=O)Cc1c(C)cc(C)cc1C. The molecule has 1 rings (SSSR count). The van der Waals surface area contributed by atoms with Crippen LogP contribution in [-0.2, 0) is 11.2 Å². The summed E-state index contributed by atoms with van der Waals surface area (Å²) in [7, 11) is 0. The van der Waals surface area contributed by atoms with Crippen LogP contribution in [0.4, 0.5) is 0 Å². The van der Waals surface area contributed by atoms with Crippen molar-refractivity contribution in [1.82, 2.24) is 0 Å². The molecule has 0 bridgehead atoms. The van der Waals surface area contributed by atoms with Gasteiger partial charge in [-0.3, -0.25) is 4.79 Å². The number of hydrogen-bond acceptors (Lipinski definition) is 1. The molecule has 0 amide bonds. The summed E-state index contributed by atoms with van der Waals surface area (Å²) in [6.45, 7) is 7.85. The summed E-state index contributed by atoms with van der Waals surface area (Å²) in [5.74, 6) is 0.232. The van der Waals surface area contributed by atoms with Crippen molar-refractivity contribution in [2.24, 2.45) is 0 Å². The van der Waals surface area contributed by atoms with Crippen molar-refractivity contribution < 1.29 is 4.79 Å². The monoisotopic (exact) mass is 192 g/mol. The molecule has 0 unspecified atom stereocenters. The van der Waals surface area contributed by atoms with E-state index < -0.39 is 0 Å². The molecule has 1 aromatic carbocycles. The van der Waals surface area contributed by atoms with Crippen LogP contribution < -0.4 is 0 Å². The van der Waals surface area contributed by atoms with Gasteiger partial charge in [0.15, 0.2) is 0 Å². The number of carbonyl (C=O) groups excluding carboxylic acids is 1. The summed E-state index contributed by atoms with van der Waals surface area (Å²) in [5, 5.41) is 0. The van der Waals surface area contributed by atoms with E-state index in [1.165, 1.54) is 22.3 Å². The van der Waals surface area contributed by atoms with Crippen molar-refractivity contribution in [2.75, 3.05) is 0 Å². The number of benzene rings is 1. The van der Waals surface area contributed by atoms with E-state index in [4.69, 9.17) is 0 Å². The molecule has 0 aromatic heterocycles. The van der Waals surface area contributed by atoms with Crippen LogP contribution in [0.2, 0.25) is 0 Å². The maximum Gasteiger partial charge on any atom is 0.134 e. The summed E-state index contributed by atoms with van der Waals surface area (Å²) < 4.78 is 0. The average Bonchev–Trinajstić information content (AvgIpc) is 1.96. The molecule has 0 aliphatic carbocycles. The number of rotatable bonds is 2. The van der Waals surface area contributed by atoms with Gasteiger partial charge in [-0.25, -0.2) is 0 Å². The Hall–Kier alpha value is -1.11. The van der Waals surface area contributed by atoms with E-state index in [1.54, 1.807) is 6.92 Å². The summed E-state index contributed by atoms with van der Waals surface area (Å²) in [6, 6.07) is 4.26. The second-order valence-corrected chi connectivity index (χ2v) is 3.76. The smallest absolute Gasteiger partial charge is 0.134 e. The lowest BCUT2D eigenvalue weighted by Crippen LogP contribution is -2.01. The van der Waals surface area contributed by atoms with Gasteiger partial charge in [0.25, 0.3) is 0 Å². The fourth-order valence-electron chi connectivity index (χ4n) is 1.74. The lowest BCUT2D eigenvalue weighted by molar-refractivity contribution is -0.116. The van der Waals surface area contributed by atoms with Crippen LogP contribution in [0.3, 0.4) is 0 Å². The zero-order valence-electron chi connectivity index (χ0n) is 8.77. The van der Waals surface area contributed by atoms with Gasteiger partial charge in [-0.05, 0) is 44.4 Å². The van der Waals surface area contributed by atoms with Gasteiger partial charge >= 0.3 is 0 Å². The highest BCUT2D eigenvalue weighted by Gasteiger charge is 2.05. The van der Waals surface area contributed by atoms with E-state index in [0.29, 0.717) is 6.42 Å². The van der Waals surface area contributed by atoms with Gasteiger partial charge in [-0.1, -0.05) is 25.1 Å². The first-order chi connectivity index (χ1) is 6.00. The molecule has 0 aliphatic rings. The number of Topliss-reactive ketones (excluding diaryl/α,β-unsaturated/α-hetero) is 1. The fourth-order valence-corrected chi connectivity index (χ4v) is 1.74. The molecule has 0 N–H and O–H groups in total. The fraction of sp³-hybridized carbons (Fsp3) is 0.462. The zero-order chi connectivity index (χ0) is 10.0. The topological polar surface area (TPSA) is 17.1 Å². The van der Waals surface area contributed by atoms with Gasteiger partial charge in [-0.15, -0.1) is 0 Å². The summed E-state index contributed by atoms with van der Waals surface area (Å²) >= 11 is 0. The van der Waals surface area contributed by atoms with E-state index in [0.717, 1.165) is 0 Å². The number of hydrogen-bond donors (Lipinski definition) is 0. The van der Waals surface area contributed by atoms with Crippen molar-refractivity contribution in [2.45, 2.75) is 41.5 Å². The Morgan fingerprint density at radius 2 is 1.57 bits per heavy atom. The third-order valence-corrected chi connectivity index (χ3v) is 2.27. The third kappa shape index (κ3) is 2.99. The minimum absolute atomic E-state index is 0. The predicted molar refractivity (Wildman–Crippen MR) is 61.8 cm³/mol. The van der Waals surface area contributed by atoms with Crippen LogP contribution in [0.25, 0.3) is 0 Å². The lowest BCUT2D eigenvalue weighted by atomic mass is 9.96. The van der Waals surface area contributed by atoms with E-state index in [2.05, 4.69) is 32.9 Å². The molecule has 0 fully saturated rings. The standard InChI is InChI=1S/C12H16O.CH4/c1-8-5-9(2)12(7-11(4)13)10(3)6-8;/h5-6H,7H2,1-4H3;1H4. The highest BCUT2D eigenvalue weighted by molar-refractivity contribution is 5.79. The number of carbonyl (C=O) groups is 1.